The van der Waals surface area contributed by atoms with Gasteiger partial charge >= 0.3 is 0 Å². The van der Waals surface area contributed by atoms with E-state index in [-0.39, 0.29) is 0 Å². The lowest BCUT2D eigenvalue weighted by molar-refractivity contribution is 0.897. The summed E-state index contributed by atoms with van der Waals surface area (Å²) in [6.45, 7) is 4.20. The van der Waals surface area contributed by atoms with Crippen LogP contribution in [0.25, 0.3) is 0 Å². The number of aryl methyl sites for hydroxylation is 1. The van der Waals surface area contributed by atoms with Crippen molar-refractivity contribution in [1.29, 1.82) is 0 Å². The third-order valence-corrected chi connectivity index (χ3v) is 3.83. The fourth-order valence-electron chi connectivity index (χ4n) is 1.25. The van der Waals surface area contributed by atoms with Crippen LogP contribution in [0.5, 0.6) is 0 Å². The minimum absolute atomic E-state index is 0.308. The topological polar surface area (TPSA) is 37.8 Å². The zero-order valence-electron chi connectivity index (χ0n) is 8.73. The van der Waals surface area contributed by atoms with Crippen molar-refractivity contribution in [3.63, 3.8) is 0 Å². The summed E-state index contributed by atoms with van der Waals surface area (Å²) in [5.41, 5.74) is 0. The summed E-state index contributed by atoms with van der Waals surface area (Å²) in [7, 11) is 0. The van der Waals surface area contributed by atoms with Crippen LogP contribution in [0.15, 0.2) is 17.5 Å². The van der Waals surface area contributed by atoms with E-state index in [0.717, 1.165) is 17.4 Å². The van der Waals surface area contributed by atoms with Crippen molar-refractivity contribution < 1.29 is 0 Å². The Balaban J connectivity index is 2.02. The van der Waals surface area contributed by atoms with E-state index in [2.05, 4.69) is 46.0 Å². The summed E-state index contributed by atoms with van der Waals surface area (Å²) in [5.74, 6) is 0.917. The number of hydrogen-bond donors (Lipinski definition) is 1. The van der Waals surface area contributed by atoms with Crippen molar-refractivity contribution in [3.8, 4) is 0 Å². The van der Waals surface area contributed by atoms with Crippen LogP contribution in [0, 0.1) is 0 Å². The highest BCUT2D eigenvalue weighted by Gasteiger charge is 2.08. The predicted molar refractivity (Wildman–Crippen MR) is 65.6 cm³/mol. The lowest BCUT2D eigenvalue weighted by Gasteiger charge is -2.09. The molecule has 2 aromatic rings. The molecule has 80 valence electrons. The van der Waals surface area contributed by atoms with Gasteiger partial charge in [-0.25, -0.2) is 4.98 Å². The Hall–Kier alpha value is -0.940. The van der Waals surface area contributed by atoms with E-state index in [1.165, 1.54) is 16.4 Å². The van der Waals surface area contributed by atoms with E-state index in [9.17, 15) is 0 Å². The molecule has 15 heavy (non-hydrogen) atoms. The van der Waals surface area contributed by atoms with Gasteiger partial charge in [0.05, 0.1) is 6.04 Å². The fourth-order valence-corrected chi connectivity index (χ4v) is 2.72. The second-order valence-corrected chi connectivity index (χ2v) is 4.98. The first-order valence-electron chi connectivity index (χ1n) is 4.92. The van der Waals surface area contributed by atoms with Crippen LogP contribution in [0.4, 0.5) is 5.13 Å². The highest BCUT2D eigenvalue weighted by Crippen LogP contribution is 2.23. The quantitative estimate of drug-likeness (QED) is 0.889. The molecule has 5 heteroatoms. The van der Waals surface area contributed by atoms with E-state index >= 15 is 0 Å². The van der Waals surface area contributed by atoms with Gasteiger partial charge in [-0.2, -0.15) is 4.37 Å². The van der Waals surface area contributed by atoms with E-state index in [4.69, 9.17) is 0 Å². The molecule has 3 nitrogen and oxygen atoms in total. The molecule has 0 aromatic carbocycles. The highest BCUT2D eigenvalue weighted by molar-refractivity contribution is 7.10. The number of rotatable bonds is 4. The van der Waals surface area contributed by atoms with Gasteiger partial charge in [0.15, 0.2) is 0 Å². The first kappa shape index (κ1) is 10.6. The Morgan fingerprint density at radius 1 is 1.53 bits per heavy atom. The number of nitrogens with zero attached hydrogens (tertiary/aromatic N) is 2. The lowest BCUT2D eigenvalue weighted by atomic mass is 10.3. The summed E-state index contributed by atoms with van der Waals surface area (Å²) in [5, 5.41) is 6.35. The molecule has 0 fully saturated rings. The molecule has 0 aliphatic heterocycles. The van der Waals surface area contributed by atoms with Gasteiger partial charge < -0.3 is 5.32 Å². The van der Waals surface area contributed by atoms with Crippen molar-refractivity contribution >= 4 is 28.0 Å². The first-order chi connectivity index (χ1) is 7.29. The van der Waals surface area contributed by atoms with Gasteiger partial charge in [-0.1, -0.05) is 13.0 Å². The molecule has 0 spiro atoms. The Kier molecular flexibility index (Phi) is 3.33. The minimum atomic E-state index is 0.308. The summed E-state index contributed by atoms with van der Waals surface area (Å²) in [4.78, 5) is 5.70. The number of hydrogen-bond acceptors (Lipinski definition) is 5. The summed E-state index contributed by atoms with van der Waals surface area (Å²) in [6.07, 6.45) is 0.894. The largest absolute Gasteiger partial charge is 0.353 e. The fraction of sp³-hybridized carbons (Fsp3) is 0.400. The summed E-state index contributed by atoms with van der Waals surface area (Å²) < 4.78 is 4.24. The Morgan fingerprint density at radius 3 is 3.00 bits per heavy atom. The molecule has 0 saturated heterocycles. The van der Waals surface area contributed by atoms with Crippen molar-refractivity contribution in [1.82, 2.24) is 9.36 Å². The Labute approximate surface area is 97.4 Å². The van der Waals surface area contributed by atoms with Crippen molar-refractivity contribution in [3.05, 3.63) is 28.2 Å². The van der Waals surface area contributed by atoms with E-state index in [1.54, 1.807) is 11.3 Å². The van der Waals surface area contributed by atoms with Gasteiger partial charge in [-0.05, 0) is 18.4 Å². The van der Waals surface area contributed by atoms with Gasteiger partial charge in [0.25, 0.3) is 0 Å². The van der Waals surface area contributed by atoms with Crippen LogP contribution in [-0.4, -0.2) is 9.36 Å². The summed E-state index contributed by atoms with van der Waals surface area (Å²) in [6, 6.07) is 4.50. The SMILES string of the molecule is CCc1nsc(NC(C)c2cccs2)n1. The van der Waals surface area contributed by atoms with E-state index < -0.39 is 0 Å². The molecule has 0 saturated carbocycles. The third-order valence-electron chi connectivity index (χ3n) is 2.09. The average molecular weight is 239 g/mol. The molecule has 0 bridgehead atoms. The molecule has 2 rings (SSSR count). The van der Waals surface area contributed by atoms with Crippen molar-refractivity contribution in [2.75, 3.05) is 5.32 Å². The molecular weight excluding hydrogens is 226 g/mol. The van der Waals surface area contributed by atoms with Crippen LogP contribution < -0.4 is 5.32 Å². The Bertz CT molecular complexity index is 408. The van der Waals surface area contributed by atoms with E-state index in [1.807, 2.05) is 0 Å². The predicted octanol–water partition coefficient (Wildman–Crippen LogP) is 3.34. The van der Waals surface area contributed by atoms with Crippen LogP contribution in [-0.2, 0) is 6.42 Å². The van der Waals surface area contributed by atoms with Crippen molar-refractivity contribution in [2.45, 2.75) is 26.3 Å². The molecule has 2 aromatic heterocycles. The monoisotopic (exact) mass is 239 g/mol. The zero-order chi connectivity index (χ0) is 10.7. The van der Waals surface area contributed by atoms with Crippen LogP contribution in [0.2, 0.25) is 0 Å². The lowest BCUT2D eigenvalue weighted by Crippen LogP contribution is -2.04. The van der Waals surface area contributed by atoms with Gasteiger partial charge in [0, 0.05) is 22.8 Å². The maximum Gasteiger partial charge on any atom is 0.203 e. The number of nitrogens with one attached hydrogen (secondary N) is 1. The van der Waals surface area contributed by atoms with Gasteiger partial charge in [0.1, 0.15) is 5.82 Å². The normalized spacial score (nSPS) is 12.7. The molecule has 1 unspecified atom stereocenters. The Morgan fingerprint density at radius 2 is 2.40 bits per heavy atom. The molecule has 0 aliphatic rings. The maximum atomic E-state index is 4.38. The van der Waals surface area contributed by atoms with E-state index in [0.29, 0.717) is 6.04 Å². The van der Waals surface area contributed by atoms with Crippen LogP contribution in [0.1, 0.15) is 30.6 Å². The van der Waals surface area contributed by atoms with Gasteiger partial charge in [-0.15, -0.1) is 11.3 Å². The average Bonchev–Trinajstić information content (AvgIpc) is 2.87. The second kappa shape index (κ2) is 4.72. The first-order valence-corrected chi connectivity index (χ1v) is 6.57. The second-order valence-electron chi connectivity index (χ2n) is 3.25. The van der Waals surface area contributed by atoms with Gasteiger partial charge in [-0.3, -0.25) is 0 Å². The number of thiophene rings is 1. The maximum absolute atomic E-state index is 4.38. The molecule has 0 amide bonds. The number of anilines is 1. The molecule has 0 aliphatic carbocycles. The molecule has 1 N–H and O–H groups in total. The van der Waals surface area contributed by atoms with Crippen LogP contribution in [0.3, 0.4) is 0 Å². The summed E-state index contributed by atoms with van der Waals surface area (Å²) >= 11 is 3.19. The third kappa shape index (κ3) is 2.54. The molecule has 2 heterocycles. The molecular formula is C10H13N3S2. The zero-order valence-corrected chi connectivity index (χ0v) is 10.4. The van der Waals surface area contributed by atoms with Crippen LogP contribution >= 0.6 is 22.9 Å². The molecule has 1 atom stereocenters. The highest BCUT2D eigenvalue weighted by atomic mass is 32.1. The molecule has 0 radical (unpaired) electrons. The van der Waals surface area contributed by atoms with Crippen molar-refractivity contribution in [2.24, 2.45) is 0 Å². The number of aromatic nitrogens is 2. The van der Waals surface area contributed by atoms with Gasteiger partial charge in [0.2, 0.25) is 5.13 Å². The smallest absolute Gasteiger partial charge is 0.203 e. The minimum Gasteiger partial charge on any atom is -0.353 e. The standard InChI is InChI=1S/C10H13N3S2/c1-3-9-12-10(15-13-9)11-7(2)8-5-4-6-14-8/h4-7H,3H2,1-2H3,(H,11,12,13).